The predicted molar refractivity (Wildman–Crippen MR) is 92.0 cm³/mol. The molecule has 7 nitrogen and oxygen atoms in total. The van der Waals surface area contributed by atoms with Gasteiger partial charge in [0.1, 0.15) is 0 Å². The average Bonchev–Trinajstić information content (AvgIpc) is 2.53. The van der Waals surface area contributed by atoms with E-state index in [9.17, 15) is 23.3 Å². The summed E-state index contributed by atoms with van der Waals surface area (Å²) in [6.45, 7) is 0. The number of thioether (sulfide) groups is 1. The predicted octanol–water partition coefficient (Wildman–Crippen LogP) is 2.73. The highest BCUT2D eigenvalue weighted by Crippen LogP contribution is 2.22. The molecule has 2 rings (SSSR count). The van der Waals surface area contributed by atoms with Gasteiger partial charge in [-0.2, -0.15) is 0 Å². The number of hydrogen-bond acceptors (Lipinski definition) is 6. The molecular formula is C15H14N2O5S2. The van der Waals surface area contributed by atoms with Gasteiger partial charge >= 0.3 is 0 Å². The monoisotopic (exact) mass is 366 g/mol. The van der Waals surface area contributed by atoms with Crippen molar-refractivity contribution in [3.05, 3.63) is 58.6 Å². The molecule has 126 valence electrons. The Hall–Kier alpha value is -2.39. The van der Waals surface area contributed by atoms with E-state index in [4.69, 9.17) is 0 Å². The van der Waals surface area contributed by atoms with Crippen LogP contribution in [0.15, 0.2) is 58.3 Å². The van der Waals surface area contributed by atoms with E-state index < -0.39 is 14.8 Å². The molecular weight excluding hydrogens is 352 g/mol. The average molecular weight is 366 g/mol. The van der Waals surface area contributed by atoms with Gasteiger partial charge in [0.15, 0.2) is 9.84 Å². The lowest BCUT2D eigenvalue weighted by molar-refractivity contribution is -0.384. The van der Waals surface area contributed by atoms with Crippen LogP contribution in [0.4, 0.5) is 11.4 Å². The molecule has 0 aliphatic carbocycles. The van der Waals surface area contributed by atoms with Crippen LogP contribution in [-0.2, 0) is 14.6 Å². The quantitative estimate of drug-likeness (QED) is 0.479. The van der Waals surface area contributed by atoms with Crippen molar-refractivity contribution in [1.29, 1.82) is 0 Å². The van der Waals surface area contributed by atoms with E-state index >= 15 is 0 Å². The zero-order valence-corrected chi connectivity index (χ0v) is 14.3. The second-order valence-electron chi connectivity index (χ2n) is 4.89. The van der Waals surface area contributed by atoms with Crippen molar-refractivity contribution in [3.63, 3.8) is 0 Å². The molecule has 0 atom stereocenters. The van der Waals surface area contributed by atoms with Crippen LogP contribution in [0.5, 0.6) is 0 Å². The SMILES string of the molecule is CS(=O)(=O)c1cccc(NC(=O)CSc2ccc([N+](=O)[O-])cc2)c1. The van der Waals surface area contributed by atoms with Crippen LogP contribution in [0.25, 0.3) is 0 Å². The summed E-state index contributed by atoms with van der Waals surface area (Å²) in [4.78, 5) is 22.9. The molecule has 0 aliphatic rings. The number of nitro groups is 1. The van der Waals surface area contributed by atoms with Crippen LogP contribution in [-0.4, -0.2) is 31.3 Å². The lowest BCUT2D eigenvalue weighted by Crippen LogP contribution is -2.14. The Morgan fingerprint density at radius 1 is 1.21 bits per heavy atom. The number of amides is 1. The Balaban J connectivity index is 1.95. The maximum absolute atomic E-state index is 11.9. The second-order valence-corrected chi connectivity index (χ2v) is 7.95. The van der Waals surface area contributed by atoms with E-state index in [1.165, 1.54) is 36.0 Å². The van der Waals surface area contributed by atoms with Crippen molar-refractivity contribution in [3.8, 4) is 0 Å². The van der Waals surface area contributed by atoms with Crippen LogP contribution in [0.3, 0.4) is 0 Å². The Morgan fingerprint density at radius 2 is 1.88 bits per heavy atom. The third-order valence-corrected chi connectivity index (χ3v) is 5.09. The molecule has 0 aromatic heterocycles. The summed E-state index contributed by atoms with van der Waals surface area (Å²) in [6, 6.07) is 11.9. The summed E-state index contributed by atoms with van der Waals surface area (Å²) in [5.41, 5.74) is 0.383. The van der Waals surface area contributed by atoms with Gasteiger partial charge in [0.25, 0.3) is 5.69 Å². The first kappa shape index (κ1) is 18.0. The van der Waals surface area contributed by atoms with Crippen molar-refractivity contribution < 1.29 is 18.1 Å². The lowest BCUT2D eigenvalue weighted by Gasteiger charge is -2.07. The molecule has 0 bridgehead atoms. The highest BCUT2D eigenvalue weighted by Gasteiger charge is 2.10. The van der Waals surface area contributed by atoms with E-state index in [0.29, 0.717) is 5.69 Å². The molecule has 2 aromatic carbocycles. The number of sulfone groups is 1. The van der Waals surface area contributed by atoms with Crippen LogP contribution >= 0.6 is 11.8 Å². The number of carbonyl (C=O) groups excluding carboxylic acids is 1. The van der Waals surface area contributed by atoms with Gasteiger partial charge in [-0.25, -0.2) is 8.42 Å². The fraction of sp³-hybridized carbons (Fsp3) is 0.133. The molecule has 9 heteroatoms. The molecule has 1 N–H and O–H groups in total. The molecule has 24 heavy (non-hydrogen) atoms. The fourth-order valence-corrected chi connectivity index (χ4v) is 3.18. The van der Waals surface area contributed by atoms with E-state index in [-0.39, 0.29) is 22.2 Å². The molecule has 0 heterocycles. The highest BCUT2D eigenvalue weighted by atomic mass is 32.2. The zero-order chi connectivity index (χ0) is 17.7. The van der Waals surface area contributed by atoms with Crippen molar-refractivity contribution in [1.82, 2.24) is 0 Å². The van der Waals surface area contributed by atoms with E-state index in [2.05, 4.69) is 5.32 Å². The number of non-ortho nitro benzene ring substituents is 1. The van der Waals surface area contributed by atoms with Crippen LogP contribution in [0, 0.1) is 10.1 Å². The van der Waals surface area contributed by atoms with Crippen molar-refractivity contribution >= 4 is 38.9 Å². The highest BCUT2D eigenvalue weighted by molar-refractivity contribution is 8.00. The zero-order valence-electron chi connectivity index (χ0n) is 12.6. The number of rotatable bonds is 6. The molecule has 0 saturated carbocycles. The molecule has 0 radical (unpaired) electrons. The minimum atomic E-state index is -3.34. The first-order valence-corrected chi connectivity index (χ1v) is 9.60. The number of hydrogen-bond donors (Lipinski definition) is 1. The third-order valence-electron chi connectivity index (χ3n) is 2.96. The smallest absolute Gasteiger partial charge is 0.269 e. The number of nitrogens with one attached hydrogen (secondary N) is 1. The molecule has 0 unspecified atom stereocenters. The van der Waals surface area contributed by atoms with Gasteiger partial charge in [-0.1, -0.05) is 6.07 Å². The van der Waals surface area contributed by atoms with Gasteiger partial charge in [0.05, 0.1) is 15.6 Å². The van der Waals surface area contributed by atoms with E-state index in [1.807, 2.05) is 0 Å². The normalized spacial score (nSPS) is 11.0. The summed E-state index contributed by atoms with van der Waals surface area (Å²) >= 11 is 1.23. The Kier molecular flexibility index (Phi) is 5.58. The molecule has 0 fully saturated rings. The summed E-state index contributed by atoms with van der Waals surface area (Å²) in [7, 11) is -3.34. The van der Waals surface area contributed by atoms with Crippen molar-refractivity contribution in [2.24, 2.45) is 0 Å². The number of benzene rings is 2. The Morgan fingerprint density at radius 3 is 2.46 bits per heavy atom. The largest absolute Gasteiger partial charge is 0.325 e. The summed E-state index contributed by atoms with van der Waals surface area (Å²) < 4.78 is 23.0. The summed E-state index contributed by atoms with van der Waals surface area (Å²) in [6.07, 6.45) is 1.10. The molecule has 1 amide bonds. The topological polar surface area (TPSA) is 106 Å². The van der Waals surface area contributed by atoms with Gasteiger partial charge in [-0.15, -0.1) is 11.8 Å². The lowest BCUT2D eigenvalue weighted by atomic mass is 10.3. The first-order valence-electron chi connectivity index (χ1n) is 6.73. The number of carbonyl (C=O) groups is 1. The van der Waals surface area contributed by atoms with Gasteiger partial charge in [0.2, 0.25) is 5.91 Å². The van der Waals surface area contributed by atoms with Gasteiger partial charge in [-0.05, 0) is 30.3 Å². The van der Waals surface area contributed by atoms with Crippen LogP contribution in [0.2, 0.25) is 0 Å². The van der Waals surface area contributed by atoms with Crippen molar-refractivity contribution in [2.45, 2.75) is 9.79 Å². The molecule has 2 aromatic rings. The van der Waals surface area contributed by atoms with Gasteiger partial charge in [-0.3, -0.25) is 14.9 Å². The minimum absolute atomic E-state index is 0.0126. The standard InChI is InChI=1S/C15H14N2O5S2/c1-24(21,22)14-4-2-3-11(9-14)16-15(18)10-23-13-7-5-12(6-8-13)17(19)20/h2-9H,10H2,1H3,(H,16,18). The number of anilines is 1. The van der Waals surface area contributed by atoms with E-state index in [0.717, 1.165) is 11.2 Å². The summed E-state index contributed by atoms with van der Waals surface area (Å²) in [5.74, 6) is -0.204. The third kappa shape index (κ3) is 5.07. The maximum atomic E-state index is 11.9. The number of nitro benzene ring substituents is 1. The second kappa shape index (κ2) is 7.45. The number of nitrogens with zero attached hydrogens (tertiary/aromatic N) is 1. The van der Waals surface area contributed by atoms with Crippen LogP contribution in [0.1, 0.15) is 0 Å². The van der Waals surface area contributed by atoms with E-state index in [1.54, 1.807) is 24.3 Å². The summed E-state index contributed by atoms with van der Waals surface area (Å²) in [5, 5.41) is 13.2. The van der Waals surface area contributed by atoms with Crippen molar-refractivity contribution in [2.75, 3.05) is 17.3 Å². The molecule has 0 aliphatic heterocycles. The van der Waals surface area contributed by atoms with Crippen LogP contribution < -0.4 is 5.32 Å². The van der Waals surface area contributed by atoms with Gasteiger partial charge < -0.3 is 5.32 Å². The maximum Gasteiger partial charge on any atom is 0.269 e. The Bertz CT molecular complexity index is 864. The molecule has 0 saturated heterocycles. The minimum Gasteiger partial charge on any atom is -0.325 e. The fourth-order valence-electron chi connectivity index (χ4n) is 1.81. The van der Waals surface area contributed by atoms with Gasteiger partial charge in [0, 0.05) is 29.0 Å². The Labute approximate surface area is 143 Å². The molecule has 0 spiro atoms. The first-order chi connectivity index (χ1) is 11.3.